The van der Waals surface area contributed by atoms with E-state index in [1.807, 2.05) is 12.1 Å². The number of hydrogen-bond acceptors (Lipinski definition) is 4. The zero-order valence-electron chi connectivity index (χ0n) is 12.7. The van der Waals surface area contributed by atoms with Crippen LogP contribution in [0.25, 0.3) is 0 Å². The second-order valence-electron chi connectivity index (χ2n) is 5.87. The van der Waals surface area contributed by atoms with E-state index in [1.54, 1.807) is 4.90 Å². The van der Waals surface area contributed by atoms with E-state index in [0.29, 0.717) is 12.4 Å². The van der Waals surface area contributed by atoms with Gasteiger partial charge in [0, 0.05) is 32.7 Å². The first kappa shape index (κ1) is 15.2. The van der Waals surface area contributed by atoms with Gasteiger partial charge in [-0.15, -0.1) is 0 Å². The van der Waals surface area contributed by atoms with Gasteiger partial charge in [0.05, 0.1) is 11.6 Å². The molecule has 3 heterocycles. The van der Waals surface area contributed by atoms with Crippen LogP contribution < -0.4 is 15.1 Å². The Kier molecular flexibility index (Phi) is 4.06. The van der Waals surface area contributed by atoms with Crippen molar-refractivity contribution in [2.45, 2.75) is 25.9 Å². The number of nitrogens with one attached hydrogen (secondary N) is 1. The smallest absolute Gasteiger partial charge is 0.369 e. The third-order valence-electron chi connectivity index (χ3n) is 4.45. The van der Waals surface area contributed by atoms with Crippen LogP contribution in [0.1, 0.15) is 19.8 Å². The van der Waals surface area contributed by atoms with Crippen LogP contribution in [0.4, 0.5) is 30.5 Å². The number of rotatable bonds is 2. The highest BCUT2D eigenvalue weighted by Crippen LogP contribution is 2.36. The summed E-state index contributed by atoms with van der Waals surface area (Å²) in [5.74, 6) is 0.177. The molecule has 1 atom stereocenters. The number of halogens is 3. The molecule has 22 heavy (non-hydrogen) atoms. The SMILES string of the molecule is CCN1CCCNc2nc(N3CCC(C(F)(F)F)C3)ccc21. The predicted molar refractivity (Wildman–Crippen MR) is 81.6 cm³/mol. The Hall–Kier alpha value is -1.66. The molecule has 2 aliphatic heterocycles. The maximum atomic E-state index is 12.8. The minimum atomic E-state index is -4.11. The molecule has 1 N–H and O–H groups in total. The Morgan fingerprint density at radius 3 is 2.82 bits per heavy atom. The average molecular weight is 314 g/mol. The molecule has 3 rings (SSSR count). The third-order valence-corrected chi connectivity index (χ3v) is 4.45. The van der Waals surface area contributed by atoms with Crippen LogP contribution in [0.5, 0.6) is 0 Å². The third kappa shape index (κ3) is 2.94. The molecule has 1 aromatic rings. The zero-order chi connectivity index (χ0) is 15.7. The van der Waals surface area contributed by atoms with Gasteiger partial charge in [-0.2, -0.15) is 13.2 Å². The van der Waals surface area contributed by atoms with Gasteiger partial charge in [0.15, 0.2) is 5.82 Å². The molecule has 1 fully saturated rings. The predicted octanol–water partition coefficient (Wildman–Crippen LogP) is 3.11. The van der Waals surface area contributed by atoms with E-state index in [2.05, 4.69) is 22.1 Å². The summed E-state index contributed by atoms with van der Waals surface area (Å²) < 4.78 is 38.4. The van der Waals surface area contributed by atoms with Crippen molar-refractivity contribution in [1.29, 1.82) is 0 Å². The minimum Gasteiger partial charge on any atom is -0.369 e. The summed E-state index contributed by atoms with van der Waals surface area (Å²) in [6.45, 7) is 5.22. The monoisotopic (exact) mass is 314 g/mol. The first-order valence-electron chi connectivity index (χ1n) is 7.80. The average Bonchev–Trinajstić information content (AvgIpc) is 2.89. The van der Waals surface area contributed by atoms with E-state index in [4.69, 9.17) is 0 Å². The van der Waals surface area contributed by atoms with Gasteiger partial charge in [-0.3, -0.25) is 0 Å². The number of pyridine rings is 1. The lowest BCUT2D eigenvalue weighted by Crippen LogP contribution is -2.28. The van der Waals surface area contributed by atoms with E-state index in [9.17, 15) is 13.2 Å². The van der Waals surface area contributed by atoms with E-state index in [1.165, 1.54) is 0 Å². The molecule has 0 aromatic carbocycles. The Labute approximate surface area is 128 Å². The summed E-state index contributed by atoms with van der Waals surface area (Å²) in [5.41, 5.74) is 1.04. The molecular formula is C15H21F3N4. The van der Waals surface area contributed by atoms with Crippen molar-refractivity contribution in [3.05, 3.63) is 12.1 Å². The molecule has 7 heteroatoms. The zero-order valence-corrected chi connectivity index (χ0v) is 12.7. The summed E-state index contributed by atoms with van der Waals surface area (Å²) in [4.78, 5) is 8.56. The largest absolute Gasteiger partial charge is 0.393 e. The molecular weight excluding hydrogens is 293 g/mol. The molecule has 0 aliphatic carbocycles. The number of anilines is 3. The lowest BCUT2D eigenvalue weighted by atomic mass is 10.1. The number of nitrogens with zero attached hydrogens (tertiary/aromatic N) is 3. The summed E-state index contributed by atoms with van der Waals surface area (Å²) >= 11 is 0. The van der Waals surface area contributed by atoms with Gasteiger partial charge in [-0.05, 0) is 31.9 Å². The molecule has 0 amide bonds. The van der Waals surface area contributed by atoms with Gasteiger partial charge in [0.25, 0.3) is 0 Å². The minimum absolute atomic E-state index is 0.00672. The molecule has 1 aromatic heterocycles. The quantitative estimate of drug-likeness (QED) is 0.909. The first-order valence-corrected chi connectivity index (χ1v) is 7.80. The summed E-state index contributed by atoms with van der Waals surface area (Å²) in [6.07, 6.45) is -2.94. The molecule has 4 nitrogen and oxygen atoms in total. The van der Waals surface area contributed by atoms with Crippen molar-refractivity contribution in [3.63, 3.8) is 0 Å². The van der Waals surface area contributed by atoms with Crippen LogP contribution in [0.2, 0.25) is 0 Å². The van der Waals surface area contributed by atoms with E-state index in [-0.39, 0.29) is 13.0 Å². The second kappa shape index (κ2) is 5.85. The number of alkyl halides is 3. The molecule has 1 unspecified atom stereocenters. The van der Waals surface area contributed by atoms with Gasteiger partial charge < -0.3 is 15.1 Å². The highest BCUT2D eigenvalue weighted by atomic mass is 19.4. The maximum absolute atomic E-state index is 12.8. The van der Waals surface area contributed by atoms with Crippen molar-refractivity contribution >= 4 is 17.3 Å². The Morgan fingerprint density at radius 1 is 1.32 bits per heavy atom. The van der Waals surface area contributed by atoms with E-state index >= 15 is 0 Å². The number of aromatic nitrogens is 1. The molecule has 0 spiro atoms. The highest BCUT2D eigenvalue weighted by molar-refractivity contribution is 5.69. The van der Waals surface area contributed by atoms with Gasteiger partial charge in [-0.25, -0.2) is 4.98 Å². The summed E-state index contributed by atoms with van der Waals surface area (Å²) in [7, 11) is 0. The molecule has 0 saturated carbocycles. The van der Waals surface area contributed by atoms with Crippen LogP contribution in [0.3, 0.4) is 0 Å². The molecule has 122 valence electrons. The second-order valence-corrected chi connectivity index (χ2v) is 5.87. The van der Waals surface area contributed by atoms with Crippen molar-refractivity contribution in [3.8, 4) is 0 Å². The van der Waals surface area contributed by atoms with Crippen LogP contribution in [0.15, 0.2) is 12.1 Å². The number of fused-ring (bicyclic) bond motifs is 1. The summed E-state index contributed by atoms with van der Waals surface area (Å²) in [5, 5.41) is 3.29. The standard InChI is InChI=1S/C15H21F3N4/c1-2-21-8-3-7-19-14-12(21)4-5-13(20-14)22-9-6-11(10-22)15(16,17)18/h4-5,11H,2-3,6-10H2,1H3,(H,19,20). The topological polar surface area (TPSA) is 31.4 Å². The first-order chi connectivity index (χ1) is 10.5. The molecule has 1 saturated heterocycles. The Bertz CT molecular complexity index is 532. The fourth-order valence-electron chi connectivity index (χ4n) is 3.16. The van der Waals surface area contributed by atoms with E-state index < -0.39 is 12.1 Å². The van der Waals surface area contributed by atoms with Crippen LogP contribution in [-0.4, -0.2) is 43.9 Å². The lowest BCUT2D eigenvalue weighted by Gasteiger charge is -2.24. The Morgan fingerprint density at radius 2 is 2.14 bits per heavy atom. The van der Waals surface area contributed by atoms with Crippen molar-refractivity contribution in [1.82, 2.24) is 4.98 Å². The lowest BCUT2D eigenvalue weighted by molar-refractivity contribution is -0.168. The maximum Gasteiger partial charge on any atom is 0.393 e. The van der Waals surface area contributed by atoms with Gasteiger partial charge in [0.2, 0.25) is 0 Å². The molecule has 0 bridgehead atoms. The molecule has 2 aliphatic rings. The highest BCUT2D eigenvalue weighted by Gasteiger charge is 2.43. The fourth-order valence-corrected chi connectivity index (χ4v) is 3.16. The number of hydrogen-bond donors (Lipinski definition) is 1. The van der Waals surface area contributed by atoms with Crippen molar-refractivity contribution < 1.29 is 13.2 Å². The van der Waals surface area contributed by atoms with Crippen LogP contribution >= 0.6 is 0 Å². The van der Waals surface area contributed by atoms with Crippen molar-refractivity contribution in [2.24, 2.45) is 5.92 Å². The van der Waals surface area contributed by atoms with Gasteiger partial charge in [-0.1, -0.05) is 0 Å². The normalized spacial score (nSPS) is 22.3. The van der Waals surface area contributed by atoms with Crippen LogP contribution in [-0.2, 0) is 0 Å². The fraction of sp³-hybridized carbons (Fsp3) is 0.667. The van der Waals surface area contributed by atoms with Crippen molar-refractivity contribution in [2.75, 3.05) is 47.8 Å². The molecule has 0 radical (unpaired) electrons. The van der Waals surface area contributed by atoms with E-state index in [0.717, 1.165) is 37.6 Å². The Balaban J connectivity index is 1.81. The summed E-state index contributed by atoms with van der Waals surface area (Å²) in [6, 6.07) is 3.81. The van der Waals surface area contributed by atoms with Gasteiger partial charge in [0.1, 0.15) is 5.82 Å². The van der Waals surface area contributed by atoms with Gasteiger partial charge >= 0.3 is 6.18 Å². The van der Waals surface area contributed by atoms with Crippen LogP contribution in [0, 0.1) is 5.92 Å².